The van der Waals surface area contributed by atoms with Crippen LogP contribution in [0.25, 0.3) is 22.4 Å². The molecule has 0 unspecified atom stereocenters. The van der Waals surface area contributed by atoms with E-state index in [1.165, 1.54) is 6.92 Å². The van der Waals surface area contributed by atoms with E-state index in [1.54, 1.807) is 6.21 Å². The lowest BCUT2D eigenvalue weighted by molar-refractivity contribution is -0.118. The summed E-state index contributed by atoms with van der Waals surface area (Å²) >= 11 is 0. The summed E-state index contributed by atoms with van der Waals surface area (Å²) in [5, 5.41) is 11.0. The first-order valence-electron chi connectivity index (χ1n) is 10.3. The van der Waals surface area contributed by atoms with E-state index >= 15 is 0 Å². The first-order valence-corrected chi connectivity index (χ1v) is 10.3. The Morgan fingerprint density at radius 2 is 1.81 bits per heavy atom. The molecule has 32 heavy (non-hydrogen) atoms. The Kier molecular flexibility index (Phi) is 6.72. The van der Waals surface area contributed by atoms with Gasteiger partial charge >= 0.3 is 0 Å². The number of aromatic amines is 1. The molecular weight excluding hydrogens is 404 g/mol. The molecule has 162 valence electrons. The number of amides is 1. The Morgan fingerprint density at radius 3 is 2.56 bits per heavy atom. The Bertz CT molecular complexity index is 1210. The fourth-order valence-corrected chi connectivity index (χ4v) is 3.15. The Morgan fingerprint density at radius 1 is 1.06 bits per heavy atom. The second kappa shape index (κ2) is 10.2. The zero-order chi connectivity index (χ0) is 22.2. The number of carbonyl (C=O) groups is 1. The molecule has 0 spiro atoms. The molecule has 2 heterocycles. The van der Waals surface area contributed by atoms with Crippen molar-refractivity contribution < 1.29 is 9.63 Å². The van der Waals surface area contributed by atoms with Crippen LogP contribution in [-0.2, 0) is 16.2 Å². The predicted molar refractivity (Wildman–Crippen MR) is 125 cm³/mol. The van der Waals surface area contributed by atoms with Gasteiger partial charge < -0.3 is 20.5 Å². The molecule has 0 atom stereocenters. The monoisotopic (exact) mass is 428 g/mol. The van der Waals surface area contributed by atoms with Crippen LogP contribution in [0.15, 0.2) is 71.9 Å². The van der Waals surface area contributed by atoms with Crippen LogP contribution in [-0.4, -0.2) is 40.2 Å². The van der Waals surface area contributed by atoms with Crippen molar-refractivity contribution in [3.05, 3.63) is 78.0 Å². The first-order chi connectivity index (χ1) is 15.7. The number of nitrogens with zero attached hydrogens (tertiary/aromatic N) is 3. The van der Waals surface area contributed by atoms with Gasteiger partial charge in [-0.3, -0.25) is 4.79 Å². The van der Waals surface area contributed by atoms with Crippen molar-refractivity contribution in [1.82, 2.24) is 20.3 Å². The number of fused-ring (bicyclic) bond motifs is 1. The maximum absolute atomic E-state index is 11.1. The van der Waals surface area contributed by atoms with Crippen molar-refractivity contribution >= 4 is 29.0 Å². The number of H-pyrrole nitrogens is 1. The minimum Gasteiger partial charge on any atom is -0.391 e. The fourth-order valence-electron chi connectivity index (χ4n) is 3.15. The zero-order valence-electron chi connectivity index (χ0n) is 17.7. The van der Waals surface area contributed by atoms with Gasteiger partial charge in [-0.15, -0.1) is 0 Å². The Balaban J connectivity index is 1.55. The maximum Gasteiger partial charge on any atom is 0.216 e. The number of hydrogen-bond acceptors (Lipinski definition) is 6. The number of oxime groups is 1. The molecule has 3 N–H and O–H groups in total. The topological polar surface area (TPSA) is 104 Å². The summed E-state index contributed by atoms with van der Waals surface area (Å²) in [6.07, 6.45) is 1.62. The van der Waals surface area contributed by atoms with Gasteiger partial charge in [-0.1, -0.05) is 65.8 Å². The SMILES string of the molecule is CC(=O)NCCNc1nc(-c2ccccc2)nc2[nH]c(C=NOCc3ccccc3)cc12. The van der Waals surface area contributed by atoms with Gasteiger partial charge in [0.1, 0.15) is 18.1 Å². The summed E-state index contributed by atoms with van der Waals surface area (Å²) in [6.45, 7) is 2.92. The number of aromatic nitrogens is 3. The molecule has 4 aromatic rings. The lowest BCUT2D eigenvalue weighted by atomic mass is 10.2. The van der Waals surface area contributed by atoms with Gasteiger partial charge in [0, 0.05) is 25.6 Å². The van der Waals surface area contributed by atoms with Crippen LogP contribution < -0.4 is 10.6 Å². The summed E-state index contributed by atoms with van der Waals surface area (Å²) in [7, 11) is 0. The summed E-state index contributed by atoms with van der Waals surface area (Å²) in [4.78, 5) is 29.2. The second-order valence-corrected chi connectivity index (χ2v) is 7.15. The van der Waals surface area contributed by atoms with Crippen LogP contribution in [0.1, 0.15) is 18.2 Å². The number of carbonyl (C=O) groups excluding carboxylic acids is 1. The van der Waals surface area contributed by atoms with Gasteiger partial charge in [0.2, 0.25) is 5.91 Å². The molecule has 0 aliphatic rings. The van der Waals surface area contributed by atoms with Crippen molar-refractivity contribution in [2.24, 2.45) is 5.16 Å². The van der Waals surface area contributed by atoms with Crippen molar-refractivity contribution in [3.63, 3.8) is 0 Å². The molecule has 2 aromatic carbocycles. The molecule has 0 saturated heterocycles. The van der Waals surface area contributed by atoms with E-state index in [9.17, 15) is 4.79 Å². The number of benzene rings is 2. The molecule has 8 heteroatoms. The molecule has 4 rings (SSSR count). The van der Waals surface area contributed by atoms with Gasteiger partial charge in [0.05, 0.1) is 17.3 Å². The third-order valence-electron chi connectivity index (χ3n) is 4.67. The number of hydrogen-bond donors (Lipinski definition) is 3. The van der Waals surface area contributed by atoms with Crippen LogP contribution in [0.5, 0.6) is 0 Å². The van der Waals surface area contributed by atoms with Crippen LogP contribution in [0.2, 0.25) is 0 Å². The molecule has 0 aliphatic carbocycles. The Labute approximate surface area is 185 Å². The van der Waals surface area contributed by atoms with Crippen molar-refractivity contribution in [2.45, 2.75) is 13.5 Å². The molecule has 1 amide bonds. The summed E-state index contributed by atoms with van der Waals surface area (Å²) in [5.74, 6) is 1.21. The van der Waals surface area contributed by atoms with E-state index < -0.39 is 0 Å². The number of rotatable bonds is 9. The second-order valence-electron chi connectivity index (χ2n) is 7.15. The molecule has 0 bridgehead atoms. The zero-order valence-corrected chi connectivity index (χ0v) is 17.7. The number of anilines is 1. The minimum atomic E-state index is -0.0692. The van der Waals surface area contributed by atoms with Crippen molar-refractivity contribution in [2.75, 3.05) is 18.4 Å². The molecule has 0 aliphatic heterocycles. The lowest BCUT2D eigenvalue weighted by Gasteiger charge is -2.09. The van der Waals surface area contributed by atoms with Gasteiger partial charge in [-0.25, -0.2) is 9.97 Å². The average Bonchev–Trinajstić information content (AvgIpc) is 3.24. The highest BCUT2D eigenvalue weighted by Gasteiger charge is 2.12. The van der Waals surface area contributed by atoms with E-state index in [0.717, 1.165) is 22.2 Å². The van der Waals surface area contributed by atoms with Crippen LogP contribution in [0.3, 0.4) is 0 Å². The van der Waals surface area contributed by atoms with Crippen molar-refractivity contribution in [3.8, 4) is 11.4 Å². The highest BCUT2D eigenvalue weighted by atomic mass is 16.6. The molecule has 0 fully saturated rings. The molecule has 0 radical (unpaired) electrons. The normalized spacial score (nSPS) is 11.0. The Hall–Kier alpha value is -4.20. The average molecular weight is 428 g/mol. The highest BCUT2D eigenvalue weighted by Crippen LogP contribution is 2.25. The van der Waals surface area contributed by atoms with E-state index in [4.69, 9.17) is 9.82 Å². The fraction of sp³-hybridized carbons (Fsp3) is 0.167. The van der Waals surface area contributed by atoms with E-state index in [2.05, 4.69) is 25.8 Å². The van der Waals surface area contributed by atoms with Gasteiger partial charge in [0.25, 0.3) is 0 Å². The summed E-state index contributed by atoms with van der Waals surface area (Å²) < 4.78 is 0. The van der Waals surface area contributed by atoms with Gasteiger partial charge in [0.15, 0.2) is 5.82 Å². The van der Waals surface area contributed by atoms with E-state index in [-0.39, 0.29) is 5.91 Å². The van der Waals surface area contributed by atoms with Gasteiger partial charge in [-0.05, 0) is 11.6 Å². The summed E-state index contributed by atoms with van der Waals surface area (Å²) in [5.41, 5.74) is 3.39. The predicted octanol–water partition coefficient (Wildman–Crippen LogP) is 3.72. The quantitative estimate of drug-likeness (QED) is 0.214. The van der Waals surface area contributed by atoms with Crippen LogP contribution in [0, 0.1) is 0 Å². The molecular formula is C24H24N6O2. The lowest BCUT2D eigenvalue weighted by Crippen LogP contribution is -2.26. The third kappa shape index (κ3) is 5.48. The first kappa shape index (κ1) is 21.0. The van der Waals surface area contributed by atoms with Crippen LogP contribution in [0.4, 0.5) is 5.82 Å². The van der Waals surface area contributed by atoms with Gasteiger partial charge in [-0.2, -0.15) is 0 Å². The molecule has 0 saturated carbocycles. The van der Waals surface area contributed by atoms with E-state index in [0.29, 0.717) is 37.0 Å². The molecule has 8 nitrogen and oxygen atoms in total. The largest absolute Gasteiger partial charge is 0.391 e. The van der Waals surface area contributed by atoms with Crippen LogP contribution >= 0.6 is 0 Å². The molecule has 2 aromatic heterocycles. The minimum absolute atomic E-state index is 0.0692. The standard InChI is InChI=1S/C24H24N6O2/c1-17(31)25-12-13-26-23-21-14-20(15-27-32-16-18-8-4-2-5-9-18)28-24(21)30-22(29-23)19-10-6-3-7-11-19/h2-11,14-15H,12-13,16H2,1H3,(H,25,31)(H2,26,28,29,30). The van der Waals surface area contributed by atoms with E-state index in [1.807, 2.05) is 66.7 Å². The number of nitrogens with one attached hydrogen (secondary N) is 3. The maximum atomic E-state index is 11.1. The highest BCUT2D eigenvalue weighted by molar-refractivity contribution is 5.94. The third-order valence-corrected chi connectivity index (χ3v) is 4.67. The smallest absolute Gasteiger partial charge is 0.216 e. The van der Waals surface area contributed by atoms with Crippen molar-refractivity contribution in [1.29, 1.82) is 0 Å². The summed E-state index contributed by atoms with van der Waals surface area (Å²) in [6, 6.07) is 21.5.